The number of aliphatic imine (C=N–C) groups is 1. The molecule has 0 aromatic heterocycles. The average Bonchev–Trinajstić information content (AvgIpc) is 2.72. The number of hydrogen-bond acceptors (Lipinski definition) is 3. The Morgan fingerprint density at radius 1 is 1.14 bits per heavy atom. The van der Waals surface area contributed by atoms with Crippen molar-refractivity contribution in [1.29, 1.82) is 0 Å². The third kappa shape index (κ3) is 7.81. The Morgan fingerprint density at radius 3 is 2.66 bits per heavy atom. The number of nitrogens with one attached hydrogen (secondary N) is 3. The summed E-state index contributed by atoms with van der Waals surface area (Å²) >= 11 is 0. The van der Waals surface area contributed by atoms with Crippen molar-refractivity contribution in [3.8, 4) is 5.75 Å². The molecule has 1 amide bonds. The molecule has 0 spiro atoms. The van der Waals surface area contributed by atoms with Crippen molar-refractivity contribution >= 4 is 11.9 Å². The lowest BCUT2D eigenvalue weighted by molar-refractivity contribution is 0.0953. The van der Waals surface area contributed by atoms with Crippen LogP contribution in [0.2, 0.25) is 0 Å². The maximum absolute atomic E-state index is 13.2. The van der Waals surface area contributed by atoms with Gasteiger partial charge in [-0.25, -0.2) is 4.39 Å². The van der Waals surface area contributed by atoms with Crippen LogP contribution >= 0.6 is 0 Å². The highest BCUT2D eigenvalue weighted by atomic mass is 19.1. The topological polar surface area (TPSA) is 74.8 Å². The van der Waals surface area contributed by atoms with Crippen LogP contribution in [0.4, 0.5) is 4.39 Å². The van der Waals surface area contributed by atoms with Gasteiger partial charge in [-0.3, -0.25) is 9.79 Å². The Labute approximate surface area is 171 Å². The molecule has 2 aromatic rings. The molecule has 0 fully saturated rings. The van der Waals surface area contributed by atoms with Crippen LogP contribution < -0.4 is 20.7 Å². The lowest BCUT2D eigenvalue weighted by Gasteiger charge is -2.18. The molecule has 2 aromatic carbocycles. The van der Waals surface area contributed by atoms with Gasteiger partial charge < -0.3 is 20.7 Å². The highest BCUT2D eigenvalue weighted by Crippen LogP contribution is 2.13. The normalized spacial score (nSPS) is 12.2. The van der Waals surface area contributed by atoms with E-state index in [0.717, 1.165) is 12.0 Å². The number of nitrogens with zero attached hydrogens (tertiary/aromatic N) is 1. The van der Waals surface area contributed by atoms with Gasteiger partial charge in [-0.15, -0.1) is 0 Å². The van der Waals surface area contributed by atoms with Gasteiger partial charge in [0.15, 0.2) is 5.96 Å². The van der Waals surface area contributed by atoms with Crippen LogP contribution in [-0.4, -0.2) is 38.1 Å². The van der Waals surface area contributed by atoms with E-state index in [1.807, 2.05) is 32.0 Å². The number of hydrogen-bond donors (Lipinski definition) is 3. The molecule has 0 heterocycles. The minimum Gasteiger partial charge on any atom is -0.489 e. The van der Waals surface area contributed by atoms with Gasteiger partial charge in [-0.1, -0.05) is 25.1 Å². The molecule has 0 aliphatic rings. The Bertz CT molecular complexity index is 826. The summed E-state index contributed by atoms with van der Waals surface area (Å²) in [5.41, 5.74) is 1.61. The van der Waals surface area contributed by atoms with Crippen LogP contribution in [-0.2, 0) is 6.54 Å². The summed E-state index contributed by atoms with van der Waals surface area (Å²) in [5.74, 6) is 0.700. The molecular weight excluding hydrogens is 371 g/mol. The van der Waals surface area contributed by atoms with E-state index in [4.69, 9.17) is 4.74 Å². The van der Waals surface area contributed by atoms with Gasteiger partial charge in [0, 0.05) is 31.8 Å². The highest BCUT2D eigenvalue weighted by Gasteiger charge is 2.08. The molecule has 0 bridgehead atoms. The first-order valence-electron chi connectivity index (χ1n) is 9.75. The summed E-state index contributed by atoms with van der Waals surface area (Å²) in [6.07, 6.45) is 0.719. The molecule has 0 saturated heterocycles. The molecule has 0 saturated carbocycles. The van der Waals surface area contributed by atoms with Crippen LogP contribution in [0.3, 0.4) is 0 Å². The standard InChI is InChI=1S/C22H29FN4O2/c1-4-11-25-21(28)18-8-5-7-17(12-18)15-27-22(24-3)26-14-16(2)29-20-10-6-9-19(23)13-20/h5-10,12-13,16H,4,11,14-15H2,1-3H3,(H,25,28)(H2,24,26,27). The van der Waals surface area contributed by atoms with Gasteiger partial charge in [0.05, 0.1) is 6.54 Å². The molecule has 0 radical (unpaired) electrons. The van der Waals surface area contributed by atoms with E-state index < -0.39 is 0 Å². The van der Waals surface area contributed by atoms with Gasteiger partial charge in [-0.05, 0) is 43.2 Å². The zero-order valence-corrected chi connectivity index (χ0v) is 17.2. The second-order valence-corrected chi connectivity index (χ2v) is 6.65. The minimum absolute atomic E-state index is 0.0699. The Morgan fingerprint density at radius 2 is 1.93 bits per heavy atom. The molecule has 0 aliphatic heterocycles. The number of rotatable bonds is 9. The third-order valence-electron chi connectivity index (χ3n) is 4.10. The quantitative estimate of drug-likeness (QED) is 0.447. The van der Waals surface area contributed by atoms with Crippen molar-refractivity contribution < 1.29 is 13.9 Å². The van der Waals surface area contributed by atoms with Crippen LogP contribution in [0.1, 0.15) is 36.2 Å². The maximum atomic E-state index is 13.2. The second kappa shape index (κ2) is 11.7. The summed E-state index contributed by atoms with van der Waals surface area (Å²) in [6.45, 7) is 5.59. The van der Waals surface area contributed by atoms with E-state index in [9.17, 15) is 9.18 Å². The predicted molar refractivity (Wildman–Crippen MR) is 114 cm³/mol. The number of amides is 1. The van der Waals surface area contributed by atoms with Gasteiger partial charge in [-0.2, -0.15) is 0 Å². The fraction of sp³-hybridized carbons (Fsp3) is 0.364. The Hall–Kier alpha value is -3.09. The second-order valence-electron chi connectivity index (χ2n) is 6.65. The van der Waals surface area contributed by atoms with E-state index in [1.54, 1.807) is 25.2 Å². The van der Waals surface area contributed by atoms with Crippen molar-refractivity contribution in [2.45, 2.75) is 32.9 Å². The molecule has 6 nitrogen and oxygen atoms in total. The van der Waals surface area contributed by atoms with Crippen molar-refractivity contribution in [2.24, 2.45) is 4.99 Å². The van der Waals surface area contributed by atoms with Crippen LogP contribution in [0.15, 0.2) is 53.5 Å². The fourth-order valence-corrected chi connectivity index (χ4v) is 2.62. The molecule has 1 atom stereocenters. The largest absolute Gasteiger partial charge is 0.489 e. The maximum Gasteiger partial charge on any atom is 0.251 e. The highest BCUT2D eigenvalue weighted by molar-refractivity contribution is 5.94. The van der Waals surface area contributed by atoms with E-state index in [1.165, 1.54) is 12.1 Å². The number of guanidine groups is 1. The molecular formula is C22H29FN4O2. The zero-order valence-electron chi connectivity index (χ0n) is 17.2. The van der Waals surface area contributed by atoms with Gasteiger partial charge in [0.1, 0.15) is 17.7 Å². The predicted octanol–water partition coefficient (Wildman–Crippen LogP) is 3.10. The summed E-state index contributed by atoms with van der Waals surface area (Å²) in [7, 11) is 1.68. The molecule has 29 heavy (non-hydrogen) atoms. The van der Waals surface area contributed by atoms with Crippen molar-refractivity contribution in [2.75, 3.05) is 20.1 Å². The summed E-state index contributed by atoms with van der Waals surface area (Å²) < 4.78 is 18.9. The molecule has 156 valence electrons. The van der Waals surface area contributed by atoms with Crippen LogP contribution in [0.25, 0.3) is 0 Å². The molecule has 1 unspecified atom stereocenters. The van der Waals surface area contributed by atoms with Crippen molar-refractivity contribution in [1.82, 2.24) is 16.0 Å². The van der Waals surface area contributed by atoms with Crippen molar-refractivity contribution in [3.05, 3.63) is 65.5 Å². The summed E-state index contributed by atoms with van der Waals surface area (Å²) in [6, 6.07) is 13.5. The van der Waals surface area contributed by atoms with Gasteiger partial charge in [0.2, 0.25) is 0 Å². The number of benzene rings is 2. The minimum atomic E-state index is -0.328. The molecule has 2 rings (SSSR count). The average molecular weight is 400 g/mol. The first-order valence-corrected chi connectivity index (χ1v) is 9.75. The van der Waals surface area contributed by atoms with Gasteiger partial charge >= 0.3 is 0 Å². The summed E-state index contributed by atoms with van der Waals surface area (Å²) in [5, 5.41) is 9.27. The SMILES string of the molecule is CCCNC(=O)c1cccc(CNC(=NC)NCC(C)Oc2cccc(F)c2)c1. The first-order chi connectivity index (χ1) is 14.0. The monoisotopic (exact) mass is 400 g/mol. The van der Waals surface area contributed by atoms with Crippen molar-refractivity contribution in [3.63, 3.8) is 0 Å². The lowest BCUT2D eigenvalue weighted by atomic mass is 10.1. The lowest BCUT2D eigenvalue weighted by Crippen LogP contribution is -2.41. The third-order valence-corrected chi connectivity index (χ3v) is 4.10. The molecule has 3 N–H and O–H groups in total. The van der Waals surface area contributed by atoms with E-state index in [-0.39, 0.29) is 17.8 Å². The zero-order chi connectivity index (χ0) is 21.1. The van der Waals surface area contributed by atoms with Crippen LogP contribution in [0, 0.1) is 5.82 Å². The van der Waals surface area contributed by atoms with Gasteiger partial charge in [0.25, 0.3) is 5.91 Å². The van der Waals surface area contributed by atoms with E-state index in [2.05, 4.69) is 20.9 Å². The van der Waals surface area contributed by atoms with Crippen LogP contribution in [0.5, 0.6) is 5.75 Å². The molecule has 0 aliphatic carbocycles. The Balaban J connectivity index is 1.82. The smallest absolute Gasteiger partial charge is 0.251 e. The molecule has 7 heteroatoms. The number of halogens is 1. The first kappa shape index (κ1) is 22.2. The number of ether oxygens (including phenoxy) is 1. The van der Waals surface area contributed by atoms with E-state index >= 15 is 0 Å². The number of carbonyl (C=O) groups is 1. The summed E-state index contributed by atoms with van der Waals surface area (Å²) in [4.78, 5) is 16.3. The Kier molecular flexibility index (Phi) is 8.95. The number of carbonyl (C=O) groups excluding carboxylic acids is 1. The van der Waals surface area contributed by atoms with E-state index in [0.29, 0.717) is 36.9 Å². The fourth-order valence-electron chi connectivity index (χ4n) is 2.62.